The van der Waals surface area contributed by atoms with Gasteiger partial charge < -0.3 is 10.6 Å². The summed E-state index contributed by atoms with van der Waals surface area (Å²) in [4.78, 5) is 25.7. The molecule has 1 fully saturated rings. The lowest BCUT2D eigenvalue weighted by Crippen LogP contribution is -2.31. The van der Waals surface area contributed by atoms with Crippen LogP contribution in [0.5, 0.6) is 0 Å². The van der Waals surface area contributed by atoms with Crippen LogP contribution in [0.3, 0.4) is 0 Å². The minimum absolute atomic E-state index is 0.0608. The van der Waals surface area contributed by atoms with E-state index in [9.17, 15) is 18.0 Å². The first-order valence-electron chi connectivity index (χ1n) is 11.2. The van der Waals surface area contributed by atoms with Gasteiger partial charge in [-0.1, -0.05) is 36.4 Å². The zero-order chi connectivity index (χ0) is 24.3. The Balaban J connectivity index is 1.62. The molecule has 3 aromatic rings. The zero-order valence-electron chi connectivity index (χ0n) is 19.1. The van der Waals surface area contributed by atoms with Crippen LogP contribution < -0.4 is 14.9 Å². The van der Waals surface area contributed by atoms with E-state index in [4.69, 9.17) is 0 Å². The number of nitrogens with zero attached hydrogens (tertiary/aromatic N) is 1. The normalized spacial score (nSPS) is 13.2. The lowest BCUT2D eigenvalue weighted by molar-refractivity contribution is 0.0952. The number of carbonyl (C=O) groups excluding carboxylic acids is 2. The molecule has 2 amide bonds. The lowest BCUT2D eigenvalue weighted by atomic mass is 10.1. The van der Waals surface area contributed by atoms with Gasteiger partial charge in [-0.15, -0.1) is 0 Å². The summed E-state index contributed by atoms with van der Waals surface area (Å²) in [5.74, 6) is -0.738. The standard InChI is InChI=1S/C26H27N3O4S/c1-3-29(21-9-5-4-6-10-21)34(32,33)24-17-19(14-13-18(24)2)25(30)28-23-12-8-7-11-22(23)26(31)27-20-15-16-20/h4-14,17,20H,3,15-16H2,1-2H3,(H,27,31)(H,28,30). The molecule has 0 atom stereocenters. The molecule has 0 unspecified atom stereocenters. The number of hydrogen-bond donors (Lipinski definition) is 2. The van der Waals surface area contributed by atoms with Crippen LogP contribution in [0.2, 0.25) is 0 Å². The van der Waals surface area contributed by atoms with E-state index >= 15 is 0 Å². The van der Waals surface area contributed by atoms with E-state index in [1.165, 1.54) is 10.4 Å². The van der Waals surface area contributed by atoms with Crippen molar-refractivity contribution in [1.29, 1.82) is 0 Å². The largest absolute Gasteiger partial charge is 0.349 e. The van der Waals surface area contributed by atoms with E-state index < -0.39 is 15.9 Å². The first-order chi connectivity index (χ1) is 16.3. The maximum atomic E-state index is 13.5. The van der Waals surface area contributed by atoms with E-state index in [-0.39, 0.29) is 29.0 Å². The molecular weight excluding hydrogens is 450 g/mol. The first kappa shape index (κ1) is 23.5. The third kappa shape index (κ3) is 4.97. The van der Waals surface area contributed by atoms with Crippen LogP contribution in [0.25, 0.3) is 0 Å². The van der Waals surface area contributed by atoms with Gasteiger partial charge in [0.15, 0.2) is 0 Å². The minimum atomic E-state index is -3.90. The Labute approximate surface area is 199 Å². The van der Waals surface area contributed by atoms with Gasteiger partial charge in [0.25, 0.3) is 21.8 Å². The average molecular weight is 478 g/mol. The molecule has 7 nitrogen and oxygen atoms in total. The Kier molecular flexibility index (Phi) is 6.70. The maximum Gasteiger partial charge on any atom is 0.264 e. The summed E-state index contributed by atoms with van der Waals surface area (Å²) in [6.07, 6.45) is 1.91. The lowest BCUT2D eigenvalue weighted by Gasteiger charge is -2.24. The number of hydrogen-bond acceptors (Lipinski definition) is 4. The van der Waals surface area contributed by atoms with E-state index in [0.29, 0.717) is 22.5 Å². The molecule has 0 spiro atoms. The molecule has 0 heterocycles. The van der Waals surface area contributed by atoms with Gasteiger partial charge in [0.2, 0.25) is 0 Å². The van der Waals surface area contributed by atoms with Crippen molar-refractivity contribution < 1.29 is 18.0 Å². The molecule has 0 aliphatic heterocycles. The van der Waals surface area contributed by atoms with Gasteiger partial charge in [0.05, 0.1) is 21.8 Å². The van der Waals surface area contributed by atoms with Gasteiger partial charge in [0.1, 0.15) is 0 Å². The van der Waals surface area contributed by atoms with Crippen molar-refractivity contribution in [2.75, 3.05) is 16.2 Å². The van der Waals surface area contributed by atoms with Crippen molar-refractivity contribution in [2.24, 2.45) is 0 Å². The summed E-state index contributed by atoms with van der Waals surface area (Å²) >= 11 is 0. The van der Waals surface area contributed by atoms with Crippen molar-refractivity contribution >= 4 is 33.2 Å². The summed E-state index contributed by atoms with van der Waals surface area (Å²) in [7, 11) is -3.90. The summed E-state index contributed by atoms with van der Waals surface area (Å²) in [6, 6.07) is 20.4. The number of benzene rings is 3. The van der Waals surface area contributed by atoms with Gasteiger partial charge in [-0.05, 0) is 68.7 Å². The predicted octanol–water partition coefficient (Wildman–Crippen LogP) is 4.35. The van der Waals surface area contributed by atoms with Crippen molar-refractivity contribution in [3.05, 3.63) is 89.5 Å². The fourth-order valence-electron chi connectivity index (χ4n) is 3.70. The predicted molar refractivity (Wildman–Crippen MR) is 133 cm³/mol. The molecule has 0 aromatic heterocycles. The Bertz CT molecular complexity index is 1320. The van der Waals surface area contributed by atoms with Gasteiger partial charge in [0, 0.05) is 18.2 Å². The summed E-state index contributed by atoms with van der Waals surface area (Å²) in [6.45, 7) is 3.71. The SMILES string of the molecule is CCN(c1ccccc1)S(=O)(=O)c1cc(C(=O)Nc2ccccc2C(=O)NC2CC2)ccc1C. The van der Waals surface area contributed by atoms with Crippen LogP contribution in [-0.2, 0) is 10.0 Å². The quantitative estimate of drug-likeness (QED) is 0.504. The highest BCUT2D eigenvalue weighted by Gasteiger charge is 2.27. The molecule has 1 aliphatic carbocycles. The van der Waals surface area contributed by atoms with Crippen LogP contribution in [0.1, 0.15) is 46.0 Å². The molecular formula is C26H27N3O4S. The first-order valence-corrected chi connectivity index (χ1v) is 12.6. The summed E-state index contributed by atoms with van der Waals surface area (Å²) in [5.41, 5.74) is 2.01. The summed E-state index contributed by atoms with van der Waals surface area (Å²) in [5, 5.41) is 5.69. The molecule has 3 aromatic carbocycles. The van der Waals surface area contributed by atoms with Crippen LogP contribution in [0.4, 0.5) is 11.4 Å². The Morgan fingerprint density at radius 2 is 1.62 bits per heavy atom. The number of amides is 2. The third-order valence-electron chi connectivity index (χ3n) is 5.68. The second-order valence-corrected chi connectivity index (χ2v) is 10.1. The number of nitrogens with one attached hydrogen (secondary N) is 2. The average Bonchev–Trinajstić information content (AvgIpc) is 3.64. The summed E-state index contributed by atoms with van der Waals surface area (Å²) < 4.78 is 28.3. The Morgan fingerprint density at radius 1 is 0.941 bits per heavy atom. The van der Waals surface area contributed by atoms with Crippen LogP contribution in [-0.4, -0.2) is 32.8 Å². The van der Waals surface area contributed by atoms with Crippen molar-refractivity contribution in [3.63, 3.8) is 0 Å². The van der Waals surface area contributed by atoms with Crippen molar-refractivity contribution in [3.8, 4) is 0 Å². The molecule has 176 valence electrons. The Hall–Kier alpha value is -3.65. The van der Waals surface area contributed by atoms with Gasteiger partial charge >= 0.3 is 0 Å². The number of carbonyl (C=O) groups is 2. The molecule has 1 saturated carbocycles. The third-order valence-corrected chi connectivity index (χ3v) is 7.73. The molecule has 0 radical (unpaired) electrons. The minimum Gasteiger partial charge on any atom is -0.349 e. The fraction of sp³-hybridized carbons (Fsp3) is 0.231. The highest BCUT2D eigenvalue weighted by molar-refractivity contribution is 7.92. The fourth-order valence-corrected chi connectivity index (χ4v) is 5.43. The van der Waals surface area contributed by atoms with Gasteiger partial charge in [-0.3, -0.25) is 13.9 Å². The molecule has 0 bridgehead atoms. The van der Waals surface area contributed by atoms with Gasteiger partial charge in [-0.2, -0.15) is 0 Å². The number of sulfonamides is 1. The zero-order valence-corrected chi connectivity index (χ0v) is 19.9. The highest BCUT2D eigenvalue weighted by Crippen LogP contribution is 2.27. The second kappa shape index (κ2) is 9.69. The van der Waals surface area contributed by atoms with Crippen LogP contribution in [0.15, 0.2) is 77.7 Å². The molecule has 8 heteroatoms. The number of aryl methyl sites for hydroxylation is 1. The number of rotatable bonds is 8. The van der Waals surface area contributed by atoms with Crippen molar-refractivity contribution in [2.45, 2.75) is 37.6 Å². The highest BCUT2D eigenvalue weighted by atomic mass is 32.2. The Morgan fingerprint density at radius 3 is 2.29 bits per heavy atom. The number of anilines is 2. The van der Waals surface area contributed by atoms with E-state index in [0.717, 1.165) is 12.8 Å². The van der Waals surface area contributed by atoms with E-state index in [1.807, 2.05) is 6.07 Å². The molecule has 34 heavy (non-hydrogen) atoms. The van der Waals surface area contributed by atoms with Crippen molar-refractivity contribution in [1.82, 2.24) is 5.32 Å². The van der Waals surface area contributed by atoms with Crippen LogP contribution >= 0.6 is 0 Å². The smallest absolute Gasteiger partial charge is 0.264 e. The molecule has 2 N–H and O–H groups in total. The monoisotopic (exact) mass is 477 g/mol. The molecule has 0 saturated heterocycles. The van der Waals surface area contributed by atoms with E-state index in [2.05, 4.69) is 10.6 Å². The topological polar surface area (TPSA) is 95.6 Å². The number of para-hydroxylation sites is 2. The maximum absolute atomic E-state index is 13.5. The second-order valence-electron chi connectivity index (χ2n) is 8.23. The van der Waals surface area contributed by atoms with E-state index in [1.54, 1.807) is 74.5 Å². The van der Waals surface area contributed by atoms with Crippen LogP contribution in [0, 0.1) is 6.92 Å². The molecule has 4 rings (SSSR count). The van der Waals surface area contributed by atoms with Gasteiger partial charge in [-0.25, -0.2) is 8.42 Å². The molecule has 1 aliphatic rings.